The second-order valence-electron chi connectivity index (χ2n) is 8.17. The van der Waals surface area contributed by atoms with Gasteiger partial charge in [0.2, 0.25) is 11.8 Å². The van der Waals surface area contributed by atoms with Crippen molar-refractivity contribution in [2.45, 2.75) is 18.9 Å². The Morgan fingerprint density at radius 2 is 1.80 bits per heavy atom. The minimum atomic E-state index is -4.41. The fourth-order valence-corrected chi connectivity index (χ4v) is 5.06. The minimum absolute atomic E-state index is 0.0822. The normalized spacial score (nSPS) is 15.3. The fraction of sp³-hybridized carbons (Fsp3) is 0.333. The van der Waals surface area contributed by atoms with E-state index >= 15 is 0 Å². The molecule has 0 radical (unpaired) electrons. The van der Waals surface area contributed by atoms with Crippen LogP contribution >= 0.6 is 11.6 Å². The minimum Gasteiger partial charge on any atom is -0.441 e. The molecule has 1 unspecified atom stereocenters. The lowest BCUT2D eigenvalue weighted by atomic mass is 10.1. The Labute approximate surface area is 208 Å². The summed E-state index contributed by atoms with van der Waals surface area (Å²) >= 11 is 5.91. The Morgan fingerprint density at radius 3 is 2.46 bits per heavy atom. The Bertz CT molecular complexity index is 1220. The molecule has 0 N–H and O–H groups in total. The van der Waals surface area contributed by atoms with Crippen molar-refractivity contribution in [3.63, 3.8) is 0 Å². The highest BCUT2D eigenvalue weighted by Crippen LogP contribution is 2.32. The fourth-order valence-electron chi connectivity index (χ4n) is 3.80. The zero-order chi connectivity index (χ0) is 25.2. The van der Waals surface area contributed by atoms with Gasteiger partial charge < -0.3 is 14.2 Å². The average Bonchev–Trinajstić information content (AvgIpc) is 3.19. The summed E-state index contributed by atoms with van der Waals surface area (Å²) in [6.45, 7) is 3.21. The number of aryl methyl sites for hydroxylation is 1. The van der Waals surface area contributed by atoms with Gasteiger partial charge in [-0.2, -0.15) is 13.2 Å². The summed E-state index contributed by atoms with van der Waals surface area (Å²) in [6.07, 6.45) is -4.41. The number of amides is 1. The van der Waals surface area contributed by atoms with Crippen LogP contribution in [0.1, 0.15) is 17.0 Å². The van der Waals surface area contributed by atoms with E-state index in [-0.39, 0.29) is 17.4 Å². The molecule has 1 aromatic heterocycles. The lowest BCUT2D eigenvalue weighted by Crippen LogP contribution is -2.50. The maximum Gasteiger partial charge on any atom is 0.416 e. The van der Waals surface area contributed by atoms with Gasteiger partial charge in [0.15, 0.2) is 0 Å². The number of piperazine rings is 1. The van der Waals surface area contributed by atoms with Gasteiger partial charge in [-0.15, -0.1) is 0 Å². The Balaban J connectivity index is 1.31. The molecule has 0 bridgehead atoms. The monoisotopic (exact) mass is 525 g/mol. The zero-order valence-corrected chi connectivity index (χ0v) is 20.4. The predicted molar refractivity (Wildman–Crippen MR) is 129 cm³/mol. The summed E-state index contributed by atoms with van der Waals surface area (Å²) < 4.78 is 57.3. The molecule has 1 aliphatic heterocycles. The number of carbonyl (C=O) groups is 1. The van der Waals surface area contributed by atoms with Crippen molar-refractivity contribution in [3.8, 4) is 11.5 Å². The van der Waals surface area contributed by atoms with E-state index in [9.17, 15) is 22.2 Å². The topological polar surface area (TPSA) is 66.7 Å². The lowest BCUT2D eigenvalue weighted by Gasteiger charge is -2.36. The van der Waals surface area contributed by atoms with E-state index in [1.807, 2.05) is 4.90 Å². The van der Waals surface area contributed by atoms with Gasteiger partial charge in [0, 0.05) is 53.3 Å². The molecule has 1 aliphatic rings. The molecule has 6 nitrogen and oxygen atoms in total. The summed E-state index contributed by atoms with van der Waals surface area (Å²) in [6, 6.07) is 12.1. The summed E-state index contributed by atoms with van der Waals surface area (Å²) in [5.74, 6) is 0.588. The number of aromatic nitrogens is 1. The van der Waals surface area contributed by atoms with E-state index in [1.54, 1.807) is 42.2 Å². The van der Waals surface area contributed by atoms with E-state index < -0.39 is 22.5 Å². The van der Waals surface area contributed by atoms with Gasteiger partial charge in [0.05, 0.1) is 17.0 Å². The van der Waals surface area contributed by atoms with Crippen LogP contribution in [0.5, 0.6) is 0 Å². The van der Waals surface area contributed by atoms with Crippen LogP contribution in [0.15, 0.2) is 52.9 Å². The zero-order valence-electron chi connectivity index (χ0n) is 18.8. The first kappa shape index (κ1) is 25.2. The van der Waals surface area contributed by atoms with Crippen molar-refractivity contribution < 1.29 is 26.6 Å². The van der Waals surface area contributed by atoms with Crippen LogP contribution in [0.25, 0.3) is 11.5 Å². The number of rotatable bonds is 6. The van der Waals surface area contributed by atoms with Crippen molar-refractivity contribution in [3.05, 3.63) is 70.6 Å². The van der Waals surface area contributed by atoms with Gasteiger partial charge in [-0.1, -0.05) is 17.7 Å². The molecule has 1 fully saturated rings. The Hall–Kier alpha value is -2.85. The van der Waals surface area contributed by atoms with Crippen molar-refractivity contribution >= 4 is 34.0 Å². The number of anilines is 1. The third-order valence-electron chi connectivity index (χ3n) is 5.74. The second kappa shape index (κ2) is 10.4. The molecular formula is C24H23ClF3N3O3S. The first-order chi connectivity index (χ1) is 16.6. The Kier molecular flexibility index (Phi) is 7.51. The third-order valence-corrected chi connectivity index (χ3v) is 7.15. The van der Waals surface area contributed by atoms with E-state index in [4.69, 9.17) is 16.0 Å². The first-order valence-corrected chi connectivity index (χ1v) is 12.7. The molecule has 2 heterocycles. The van der Waals surface area contributed by atoms with Crippen molar-refractivity contribution in [2.24, 2.45) is 0 Å². The maximum atomic E-state index is 13.0. The summed E-state index contributed by atoms with van der Waals surface area (Å²) in [7, 11) is -1.49. The smallest absolute Gasteiger partial charge is 0.416 e. The highest BCUT2D eigenvalue weighted by molar-refractivity contribution is 7.84. The van der Waals surface area contributed by atoms with Crippen LogP contribution in [0.2, 0.25) is 5.02 Å². The number of oxazole rings is 1. The number of alkyl halides is 3. The standard InChI is InChI=1S/C24H23ClF3N3O3S/c1-16-21(29-23(34-16)17-5-7-19(25)8-6-17)14-35(33)15-22(32)31-11-9-30(10-12-31)20-4-2-3-18(13-20)24(26,27)28/h2-8,13H,9-12,14-15H2,1H3. The SMILES string of the molecule is Cc1oc(-c2ccc(Cl)cc2)nc1CS(=O)CC(=O)N1CCN(c2cccc(C(F)(F)F)c2)CC1. The van der Waals surface area contributed by atoms with Gasteiger partial charge in [-0.3, -0.25) is 9.00 Å². The van der Waals surface area contributed by atoms with E-state index in [0.717, 1.165) is 17.7 Å². The molecule has 186 valence electrons. The molecule has 0 spiro atoms. The van der Waals surface area contributed by atoms with Gasteiger partial charge in [0.1, 0.15) is 11.5 Å². The number of carbonyl (C=O) groups excluding carboxylic acids is 1. The second-order valence-corrected chi connectivity index (χ2v) is 10.1. The maximum absolute atomic E-state index is 13.0. The van der Waals surface area contributed by atoms with Crippen molar-refractivity contribution in [2.75, 3.05) is 36.8 Å². The molecular weight excluding hydrogens is 503 g/mol. The van der Waals surface area contributed by atoms with Crippen molar-refractivity contribution in [1.82, 2.24) is 9.88 Å². The number of halogens is 4. The molecule has 35 heavy (non-hydrogen) atoms. The van der Waals surface area contributed by atoms with Crippen LogP contribution in [0, 0.1) is 6.92 Å². The van der Waals surface area contributed by atoms with Gasteiger partial charge in [-0.25, -0.2) is 4.98 Å². The highest BCUT2D eigenvalue weighted by atomic mass is 35.5. The molecule has 1 amide bonds. The summed E-state index contributed by atoms with van der Waals surface area (Å²) in [5.41, 5.74) is 1.03. The molecule has 1 saturated heterocycles. The Morgan fingerprint density at radius 1 is 1.11 bits per heavy atom. The van der Waals surface area contributed by atoms with E-state index in [2.05, 4.69) is 4.98 Å². The molecule has 11 heteroatoms. The highest BCUT2D eigenvalue weighted by Gasteiger charge is 2.31. The molecule has 4 rings (SSSR count). The molecule has 1 atom stereocenters. The van der Waals surface area contributed by atoms with Crippen LogP contribution in [-0.2, 0) is 27.5 Å². The van der Waals surface area contributed by atoms with Gasteiger partial charge in [0.25, 0.3) is 0 Å². The first-order valence-electron chi connectivity index (χ1n) is 10.9. The van der Waals surface area contributed by atoms with Crippen molar-refractivity contribution in [1.29, 1.82) is 0 Å². The van der Waals surface area contributed by atoms with Gasteiger partial charge >= 0.3 is 6.18 Å². The summed E-state index contributed by atoms with van der Waals surface area (Å²) in [4.78, 5) is 20.5. The number of benzene rings is 2. The molecule has 0 aliphatic carbocycles. The molecule has 2 aromatic carbocycles. The van der Waals surface area contributed by atoms with Crippen LogP contribution in [0.3, 0.4) is 0 Å². The van der Waals surface area contributed by atoms with Crippen LogP contribution in [-0.4, -0.2) is 51.9 Å². The van der Waals surface area contributed by atoms with E-state index in [0.29, 0.717) is 54.2 Å². The third kappa shape index (κ3) is 6.24. The molecule has 0 saturated carbocycles. The van der Waals surface area contributed by atoms with Gasteiger partial charge in [-0.05, 0) is 49.4 Å². The number of nitrogens with zero attached hydrogens (tertiary/aromatic N) is 3. The predicted octanol–water partition coefficient (Wildman–Crippen LogP) is 4.92. The lowest BCUT2D eigenvalue weighted by molar-refractivity contribution is -0.137. The number of hydrogen-bond acceptors (Lipinski definition) is 5. The van der Waals surface area contributed by atoms with E-state index in [1.165, 1.54) is 6.07 Å². The average molecular weight is 526 g/mol. The summed E-state index contributed by atoms with van der Waals surface area (Å²) in [5, 5.41) is 0.590. The van der Waals surface area contributed by atoms with Crippen LogP contribution < -0.4 is 4.90 Å². The quantitative estimate of drug-likeness (QED) is 0.457. The van der Waals surface area contributed by atoms with Crippen LogP contribution in [0.4, 0.5) is 18.9 Å². The largest absolute Gasteiger partial charge is 0.441 e. The molecule has 3 aromatic rings. The number of hydrogen-bond donors (Lipinski definition) is 0.